The molecule has 1 aliphatic rings. The van der Waals surface area contributed by atoms with E-state index in [4.69, 9.17) is 21.1 Å². The van der Waals surface area contributed by atoms with Crippen molar-refractivity contribution in [3.63, 3.8) is 0 Å². The highest BCUT2D eigenvalue weighted by Gasteiger charge is 2.31. The first kappa shape index (κ1) is 20.9. The summed E-state index contributed by atoms with van der Waals surface area (Å²) in [6.07, 6.45) is 2.67. The van der Waals surface area contributed by atoms with E-state index in [1.807, 2.05) is 0 Å². The molecule has 0 saturated carbocycles. The predicted octanol–water partition coefficient (Wildman–Crippen LogP) is 3.85. The van der Waals surface area contributed by atoms with Crippen molar-refractivity contribution in [3.8, 4) is 11.5 Å². The zero-order chi connectivity index (χ0) is 20.3. The van der Waals surface area contributed by atoms with Gasteiger partial charge in [-0.1, -0.05) is 18.0 Å². The summed E-state index contributed by atoms with van der Waals surface area (Å²) in [6.45, 7) is 0.946. The second-order valence-electron chi connectivity index (χ2n) is 6.22. The number of thiophene rings is 1. The number of carbonyl (C=O) groups is 1. The fraction of sp³-hybridized carbons (Fsp3) is 0.389. The highest BCUT2D eigenvalue weighted by molar-refractivity contribution is 7.89. The number of ether oxygens (including phenoxy) is 2. The molecule has 0 radical (unpaired) electrons. The van der Waals surface area contributed by atoms with Gasteiger partial charge in [-0.15, -0.1) is 11.3 Å². The van der Waals surface area contributed by atoms with E-state index in [9.17, 15) is 13.2 Å². The number of rotatable bonds is 6. The van der Waals surface area contributed by atoms with E-state index in [-0.39, 0.29) is 14.8 Å². The first-order valence-electron chi connectivity index (χ1n) is 8.69. The number of methoxy groups -OCH3 is 2. The van der Waals surface area contributed by atoms with Crippen molar-refractivity contribution in [2.45, 2.75) is 24.2 Å². The Bertz CT molecular complexity index is 968. The van der Waals surface area contributed by atoms with Crippen LogP contribution in [0.5, 0.6) is 11.5 Å². The van der Waals surface area contributed by atoms with Gasteiger partial charge in [0.05, 0.1) is 24.9 Å². The standard InChI is InChI=1S/C18H21ClN2O5S2/c1-25-14-10-12(19)13(11-15(14)26-2)20-18(22)17-16(6-9-27-17)28(23,24)21-7-4-3-5-8-21/h6,9-11H,3-5,7-8H2,1-2H3,(H,20,22). The molecule has 1 aromatic carbocycles. The Balaban J connectivity index is 1.88. The first-order valence-corrected chi connectivity index (χ1v) is 11.4. The number of anilines is 1. The van der Waals surface area contributed by atoms with Crippen LogP contribution in [0.1, 0.15) is 28.9 Å². The van der Waals surface area contributed by atoms with E-state index < -0.39 is 15.9 Å². The Kier molecular flexibility index (Phi) is 6.49. The molecule has 0 spiro atoms. The van der Waals surface area contributed by atoms with Gasteiger partial charge in [-0.25, -0.2) is 8.42 Å². The maximum Gasteiger partial charge on any atom is 0.267 e. The Morgan fingerprint density at radius 2 is 1.79 bits per heavy atom. The molecule has 0 bridgehead atoms. The van der Waals surface area contributed by atoms with Gasteiger partial charge < -0.3 is 14.8 Å². The maximum atomic E-state index is 13.0. The number of halogens is 1. The zero-order valence-corrected chi connectivity index (χ0v) is 17.9. The SMILES string of the molecule is COc1cc(Cl)c(NC(=O)c2sccc2S(=O)(=O)N2CCCCC2)cc1OC. The Morgan fingerprint density at radius 1 is 1.14 bits per heavy atom. The summed E-state index contributed by atoms with van der Waals surface area (Å²) in [6, 6.07) is 4.53. The third-order valence-corrected chi connectivity index (χ3v) is 7.79. The lowest BCUT2D eigenvalue weighted by atomic mass is 10.2. The fourth-order valence-electron chi connectivity index (χ4n) is 3.04. The highest BCUT2D eigenvalue weighted by atomic mass is 35.5. The molecule has 3 rings (SSSR count). The Labute approximate surface area is 173 Å². The summed E-state index contributed by atoms with van der Waals surface area (Å²) >= 11 is 7.30. The number of nitrogens with one attached hydrogen (secondary N) is 1. The molecule has 0 unspecified atom stereocenters. The normalized spacial score (nSPS) is 15.2. The number of sulfonamides is 1. The van der Waals surface area contributed by atoms with Crippen LogP contribution in [-0.4, -0.2) is 45.9 Å². The number of benzene rings is 1. The Morgan fingerprint density at radius 3 is 2.43 bits per heavy atom. The summed E-state index contributed by atoms with van der Waals surface area (Å²) in [5, 5.41) is 4.53. The van der Waals surface area contributed by atoms with Crippen molar-refractivity contribution in [1.29, 1.82) is 0 Å². The minimum Gasteiger partial charge on any atom is -0.493 e. The van der Waals surface area contributed by atoms with Crippen LogP contribution in [0.4, 0.5) is 5.69 Å². The minimum absolute atomic E-state index is 0.0218. The maximum absolute atomic E-state index is 13.0. The predicted molar refractivity (Wildman–Crippen MR) is 109 cm³/mol. The van der Waals surface area contributed by atoms with E-state index in [0.29, 0.717) is 30.3 Å². The smallest absolute Gasteiger partial charge is 0.267 e. The molecule has 152 valence electrons. The molecule has 1 saturated heterocycles. The van der Waals surface area contributed by atoms with Gasteiger partial charge in [0, 0.05) is 25.2 Å². The lowest BCUT2D eigenvalue weighted by Crippen LogP contribution is -2.36. The number of nitrogens with zero attached hydrogens (tertiary/aromatic N) is 1. The van der Waals surface area contributed by atoms with Crippen molar-refractivity contribution >= 4 is 44.6 Å². The zero-order valence-electron chi connectivity index (χ0n) is 15.5. The van der Waals surface area contributed by atoms with E-state index >= 15 is 0 Å². The van der Waals surface area contributed by atoms with E-state index in [1.54, 1.807) is 5.38 Å². The molecule has 1 N–H and O–H groups in total. The quantitative estimate of drug-likeness (QED) is 0.731. The van der Waals surface area contributed by atoms with Crippen molar-refractivity contribution in [3.05, 3.63) is 33.5 Å². The molecule has 1 aliphatic heterocycles. The van der Waals surface area contributed by atoms with Crippen LogP contribution in [0.3, 0.4) is 0 Å². The highest BCUT2D eigenvalue weighted by Crippen LogP contribution is 2.37. The number of piperidine rings is 1. The summed E-state index contributed by atoms with van der Waals surface area (Å²) in [5.41, 5.74) is 0.305. The van der Waals surface area contributed by atoms with E-state index in [0.717, 1.165) is 30.6 Å². The largest absolute Gasteiger partial charge is 0.493 e. The third kappa shape index (κ3) is 4.12. The Hall–Kier alpha value is -1.81. The molecule has 2 aromatic rings. The van der Waals surface area contributed by atoms with Gasteiger partial charge in [-0.2, -0.15) is 4.31 Å². The summed E-state index contributed by atoms with van der Waals surface area (Å²) in [5.74, 6) is 0.282. The summed E-state index contributed by atoms with van der Waals surface area (Å²) < 4.78 is 37.8. The lowest BCUT2D eigenvalue weighted by Gasteiger charge is -2.25. The van der Waals surface area contributed by atoms with Crippen molar-refractivity contribution in [2.24, 2.45) is 0 Å². The van der Waals surface area contributed by atoms with Gasteiger partial charge in [0.2, 0.25) is 10.0 Å². The van der Waals surface area contributed by atoms with Gasteiger partial charge >= 0.3 is 0 Å². The molecule has 0 aliphatic carbocycles. The molecule has 10 heteroatoms. The van der Waals surface area contributed by atoms with Crippen LogP contribution < -0.4 is 14.8 Å². The first-order chi connectivity index (χ1) is 13.4. The van der Waals surface area contributed by atoms with Crippen LogP contribution in [0.15, 0.2) is 28.5 Å². The molecule has 0 atom stereocenters. The summed E-state index contributed by atoms with van der Waals surface area (Å²) in [7, 11) is -0.761. The number of carbonyl (C=O) groups excluding carboxylic acids is 1. The summed E-state index contributed by atoms with van der Waals surface area (Å²) in [4.78, 5) is 13.0. The van der Waals surface area contributed by atoms with E-state index in [1.165, 1.54) is 36.7 Å². The van der Waals surface area contributed by atoms with Gasteiger partial charge in [0.15, 0.2) is 11.5 Å². The van der Waals surface area contributed by atoms with Gasteiger partial charge in [-0.3, -0.25) is 4.79 Å². The van der Waals surface area contributed by atoms with Crippen molar-refractivity contribution in [1.82, 2.24) is 4.31 Å². The molecule has 28 heavy (non-hydrogen) atoms. The number of hydrogen-bond acceptors (Lipinski definition) is 6. The van der Waals surface area contributed by atoms with Gasteiger partial charge in [0.25, 0.3) is 5.91 Å². The molecule has 1 aromatic heterocycles. The second kappa shape index (κ2) is 8.69. The van der Waals surface area contributed by atoms with Crippen LogP contribution in [-0.2, 0) is 10.0 Å². The lowest BCUT2D eigenvalue weighted by molar-refractivity contribution is 0.102. The van der Waals surface area contributed by atoms with Gasteiger partial charge in [0.1, 0.15) is 9.77 Å². The number of amides is 1. The molecule has 1 amide bonds. The molecule has 1 fully saturated rings. The molecule has 2 heterocycles. The topological polar surface area (TPSA) is 84.9 Å². The van der Waals surface area contributed by atoms with Crippen molar-refractivity contribution < 1.29 is 22.7 Å². The van der Waals surface area contributed by atoms with Gasteiger partial charge in [-0.05, 0) is 24.3 Å². The number of hydrogen-bond donors (Lipinski definition) is 1. The minimum atomic E-state index is -3.72. The third-order valence-electron chi connectivity index (χ3n) is 4.49. The van der Waals surface area contributed by atoms with Crippen LogP contribution >= 0.6 is 22.9 Å². The second-order valence-corrected chi connectivity index (χ2v) is 9.45. The molecular formula is C18H21ClN2O5S2. The molecule has 7 nitrogen and oxygen atoms in total. The average molecular weight is 445 g/mol. The van der Waals surface area contributed by atoms with Crippen LogP contribution in [0.2, 0.25) is 5.02 Å². The fourth-order valence-corrected chi connectivity index (χ4v) is 6.05. The average Bonchev–Trinajstić information content (AvgIpc) is 3.20. The van der Waals surface area contributed by atoms with Crippen molar-refractivity contribution in [2.75, 3.05) is 32.6 Å². The van der Waals surface area contributed by atoms with Crippen LogP contribution in [0.25, 0.3) is 0 Å². The van der Waals surface area contributed by atoms with Crippen LogP contribution in [0, 0.1) is 0 Å². The monoisotopic (exact) mass is 444 g/mol. The molecular weight excluding hydrogens is 424 g/mol. The van der Waals surface area contributed by atoms with E-state index in [2.05, 4.69) is 5.32 Å².